The summed E-state index contributed by atoms with van der Waals surface area (Å²) in [5, 5.41) is 0. The third-order valence-electron chi connectivity index (χ3n) is 9.35. The largest absolute Gasteiger partial charge is 0.462 e. The van der Waals surface area contributed by atoms with Crippen LogP contribution in [0.25, 0.3) is 0 Å². The molecule has 0 spiro atoms. The zero-order chi connectivity index (χ0) is 38.7. The van der Waals surface area contributed by atoms with E-state index in [9.17, 15) is 14.4 Å². The molecule has 0 aliphatic rings. The molecular weight excluding hydrogens is 661 g/mol. The smallest absolute Gasteiger partial charge is 0.306 e. The second-order valence-electron chi connectivity index (χ2n) is 14.6. The third-order valence-corrected chi connectivity index (χ3v) is 9.35. The number of ether oxygens (including phenoxy) is 3. The molecule has 0 aromatic rings. The number of rotatable bonds is 39. The zero-order valence-electron chi connectivity index (χ0n) is 34.8. The number of carbonyl (C=O) groups excluding carboxylic acids is 3. The highest BCUT2D eigenvalue weighted by molar-refractivity contribution is 5.71. The summed E-state index contributed by atoms with van der Waals surface area (Å²) in [5.41, 5.74) is 0. The van der Waals surface area contributed by atoms with Gasteiger partial charge in [0.2, 0.25) is 0 Å². The van der Waals surface area contributed by atoms with E-state index < -0.39 is 6.10 Å². The molecule has 0 aromatic heterocycles. The molecule has 0 rings (SSSR count). The first kappa shape index (κ1) is 50.4. The number of unbranched alkanes of at least 4 members (excludes halogenated alkanes) is 20. The first-order valence-electron chi connectivity index (χ1n) is 22.1. The van der Waals surface area contributed by atoms with Crippen LogP contribution in [-0.2, 0) is 28.6 Å². The van der Waals surface area contributed by atoms with Crippen molar-refractivity contribution >= 4 is 17.9 Å². The van der Waals surface area contributed by atoms with Crippen molar-refractivity contribution in [1.82, 2.24) is 0 Å². The van der Waals surface area contributed by atoms with Gasteiger partial charge in [0.05, 0.1) is 0 Å². The van der Waals surface area contributed by atoms with Crippen molar-refractivity contribution in [3.63, 3.8) is 0 Å². The summed E-state index contributed by atoms with van der Waals surface area (Å²) < 4.78 is 16.5. The molecule has 0 amide bonds. The minimum absolute atomic E-state index is 0.0739. The highest BCUT2D eigenvalue weighted by Gasteiger charge is 2.19. The topological polar surface area (TPSA) is 78.9 Å². The lowest BCUT2D eigenvalue weighted by molar-refractivity contribution is -0.167. The Balaban J connectivity index is 4.03. The van der Waals surface area contributed by atoms with Gasteiger partial charge in [-0.1, -0.05) is 185 Å². The third kappa shape index (κ3) is 40.4. The zero-order valence-corrected chi connectivity index (χ0v) is 34.8. The number of carbonyl (C=O) groups is 3. The van der Waals surface area contributed by atoms with E-state index in [0.717, 1.165) is 83.5 Å². The number of hydrogen-bond donors (Lipinski definition) is 0. The van der Waals surface area contributed by atoms with Crippen LogP contribution in [0.2, 0.25) is 0 Å². The van der Waals surface area contributed by atoms with E-state index in [0.29, 0.717) is 19.3 Å². The lowest BCUT2D eigenvalue weighted by atomic mass is 10.1. The molecule has 1 unspecified atom stereocenters. The second-order valence-corrected chi connectivity index (χ2v) is 14.6. The molecule has 0 radical (unpaired) electrons. The SMILES string of the molecule is CC/C=C\C/C=C\C/C=C\C/C=C\CCCCCCCCCCCCC(=O)OCC(COC(=O)CCCCCCCC)OC(=O)CCCCCCCC. The highest BCUT2D eigenvalue weighted by atomic mass is 16.6. The maximum Gasteiger partial charge on any atom is 0.306 e. The molecule has 1 atom stereocenters. The van der Waals surface area contributed by atoms with Crippen molar-refractivity contribution in [2.45, 2.75) is 219 Å². The Morgan fingerprint density at radius 1 is 0.396 bits per heavy atom. The van der Waals surface area contributed by atoms with Gasteiger partial charge in [0.1, 0.15) is 13.2 Å². The molecule has 0 heterocycles. The van der Waals surface area contributed by atoms with Gasteiger partial charge in [-0.05, 0) is 57.8 Å². The molecular formula is C47H82O6. The van der Waals surface area contributed by atoms with Gasteiger partial charge in [-0.2, -0.15) is 0 Å². The summed E-state index contributed by atoms with van der Waals surface area (Å²) in [7, 11) is 0. The first-order chi connectivity index (χ1) is 26.0. The van der Waals surface area contributed by atoms with E-state index in [1.54, 1.807) is 0 Å². The van der Waals surface area contributed by atoms with Crippen LogP contribution in [0, 0.1) is 0 Å². The Hall–Kier alpha value is -2.63. The Morgan fingerprint density at radius 3 is 1.15 bits per heavy atom. The van der Waals surface area contributed by atoms with Crippen molar-refractivity contribution in [3.8, 4) is 0 Å². The van der Waals surface area contributed by atoms with Crippen molar-refractivity contribution in [3.05, 3.63) is 48.6 Å². The summed E-state index contributed by atoms with van der Waals surface area (Å²) in [6.45, 7) is 6.38. The van der Waals surface area contributed by atoms with Crippen LogP contribution < -0.4 is 0 Å². The van der Waals surface area contributed by atoms with Crippen LogP contribution in [-0.4, -0.2) is 37.2 Å². The monoisotopic (exact) mass is 743 g/mol. The second kappa shape index (κ2) is 42.1. The molecule has 0 bridgehead atoms. The quantitative estimate of drug-likeness (QED) is 0.0270. The van der Waals surface area contributed by atoms with E-state index >= 15 is 0 Å². The molecule has 0 aliphatic carbocycles. The Kier molecular flexibility index (Phi) is 40.0. The molecule has 0 aliphatic heterocycles. The van der Waals surface area contributed by atoms with E-state index in [2.05, 4.69) is 69.4 Å². The Morgan fingerprint density at radius 2 is 0.736 bits per heavy atom. The maximum atomic E-state index is 12.5. The van der Waals surface area contributed by atoms with E-state index in [1.165, 1.54) is 89.9 Å². The lowest BCUT2D eigenvalue weighted by Gasteiger charge is -2.18. The minimum atomic E-state index is -0.764. The van der Waals surface area contributed by atoms with Gasteiger partial charge >= 0.3 is 17.9 Å². The molecule has 0 N–H and O–H groups in total. The molecule has 0 saturated heterocycles. The first-order valence-corrected chi connectivity index (χ1v) is 22.1. The van der Waals surface area contributed by atoms with Gasteiger partial charge in [-0.25, -0.2) is 0 Å². The van der Waals surface area contributed by atoms with E-state index in [4.69, 9.17) is 14.2 Å². The summed E-state index contributed by atoms with van der Waals surface area (Å²) >= 11 is 0. The average Bonchev–Trinajstić information content (AvgIpc) is 3.15. The van der Waals surface area contributed by atoms with Crippen molar-refractivity contribution in [2.75, 3.05) is 13.2 Å². The van der Waals surface area contributed by atoms with Crippen molar-refractivity contribution < 1.29 is 28.6 Å². The fraction of sp³-hybridized carbons (Fsp3) is 0.766. The fourth-order valence-corrected chi connectivity index (χ4v) is 6.02. The number of esters is 3. The summed E-state index contributed by atoms with van der Waals surface area (Å²) in [6, 6.07) is 0. The fourth-order valence-electron chi connectivity index (χ4n) is 6.02. The average molecular weight is 743 g/mol. The molecule has 53 heavy (non-hydrogen) atoms. The normalized spacial score (nSPS) is 12.4. The van der Waals surface area contributed by atoms with Crippen LogP contribution in [0.15, 0.2) is 48.6 Å². The lowest BCUT2D eigenvalue weighted by Crippen LogP contribution is -2.30. The van der Waals surface area contributed by atoms with E-state index in [-0.39, 0.29) is 31.1 Å². The Bertz CT molecular complexity index is 949. The van der Waals surface area contributed by atoms with Crippen LogP contribution >= 0.6 is 0 Å². The summed E-state index contributed by atoms with van der Waals surface area (Å²) in [6.07, 6.45) is 48.6. The number of allylic oxidation sites excluding steroid dienone is 8. The van der Waals surface area contributed by atoms with Crippen LogP contribution in [0.3, 0.4) is 0 Å². The van der Waals surface area contributed by atoms with Gasteiger partial charge in [0, 0.05) is 19.3 Å². The molecule has 0 fully saturated rings. The van der Waals surface area contributed by atoms with Gasteiger partial charge < -0.3 is 14.2 Å². The maximum absolute atomic E-state index is 12.5. The van der Waals surface area contributed by atoms with Gasteiger partial charge in [0.25, 0.3) is 0 Å². The Labute approximate surface area is 327 Å². The molecule has 0 aromatic carbocycles. The summed E-state index contributed by atoms with van der Waals surface area (Å²) in [5.74, 6) is -0.900. The molecule has 6 heteroatoms. The van der Waals surface area contributed by atoms with Crippen molar-refractivity contribution in [1.29, 1.82) is 0 Å². The molecule has 0 saturated carbocycles. The summed E-state index contributed by atoms with van der Waals surface area (Å²) in [4.78, 5) is 37.3. The predicted molar refractivity (Wildman–Crippen MR) is 224 cm³/mol. The van der Waals surface area contributed by atoms with Crippen LogP contribution in [0.1, 0.15) is 213 Å². The standard InChI is InChI=1S/C47H82O6/c1-4-7-10-13-16-17-18-19-20-21-22-23-24-25-26-27-28-29-30-31-32-35-37-40-46(49)52-43-44(53-47(50)41-38-34-15-12-9-6-3)42-51-45(48)39-36-33-14-11-8-5-2/h7,10,16-17,19-20,22-23,44H,4-6,8-9,11-15,18,21,24-43H2,1-3H3/b10-7-,17-16-,20-19-,23-22-. The molecule has 306 valence electrons. The highest BCUT2D eigenvalue weighted by Crippen LogP contribution is 2.14. The predicted octanol–water partition coefficient (Wildman–Crippen LogP) is 14.0. The minimum Gasteiger partial charge on any atom is -0.462 e. The molecule has 6 nitrogen and oxygen atoms in total. The van der Waals surface area contributed by atoms with Gasteiger partial charge in [0.15, 0.2) is 6.10 Å². The van der Waals surface area contributed by atoms with Gasteiger partial charge in [-0.15, -0.1) is 0 Å². The number of hydrogen-bond acceptors (Lipinski definition) is 6. The van der Waals surface area contributed by atoms with E-state index in [1.807, 2.05) is 0 Å². The van der Waals surface area contributed by atoms with Gasteiger partial charge in [-0.3, -0.25) is 14.4 Å². The van der Waals surface area contributed by atoms with Crippen LogP contribution in [0.5, 0.6) is 0 Å². The van der Waals surface area contributed by atoms with Crippen LogP contribution in [0.4, 0.5) is 0 Å². The van der Waals surface area contributed by atoms with Crippen molar-refractivity contribution in [2.24, 2.45) is 0 Å².